The Morgan fingerprint density at radius 2 is 0.537 bits per heavy atom. The van der Waals surface area contributed by atoms with Crippen LogP contribution in [0.2, 0.25) is 0 Å². The van der Waals surface area contributed by atoms with Crippen LogP contribution in [0.4, 0.5) is 0 Å². The number of esters is 4. The maximum absolute atomic E-state index is 13.1. The fourth-order valence-electron chi connectivity index (χ4n) is 11.6. The van der Waals surface area contributed by atoms with Crippen LogP contribution in [-0.2, 0) is 65.4 Å². The molecule has 0 aromatic rings. The molecule has 3 unspecified atom stereocenters. The molecule has 0 radical (unpaired) electrons. The second-order valence-electron chi connectivity index (χ2n) is 28.1. The highest BCUT2D eigenvalue weighted by molar-refractivity contribution is 7.47. The molecule has 0 aliphatic heterocycles. The summed E-state index contributed by atoms with van der Waals surface area (Å²) in [4.78, 5) is 72.7. The summed E-state index contributed by atoms with van der Waals surface area (Å²) in [5, 5.41) is 10.6. The van der Waals surface area contributed by atoms with Crippen molar-refractivity contribution in [3.8, 4) is 0 Å². The van der Waals surface area contributed by atoms with Crippen molar-refractivity contribution >= 4 is 39.5 Å². The van der Waals surface area contributed by atoms with Gasteiger partial charge in [0, 0.05) is 25.7 Å². The number of unbranched alkanes of at least 4 members (excludes halogenated alkanes) is 44. The minimum absolute atomic E-state index is 0.106. The van der Waals surface area contributed by atoms with Gasteiger partial charge in [-0.05, 0) is 37.5 Å². The molecular weight excluding hydrogens is 1250 g/mol. The molecule has 0 spiro atoms. The van der Waals surface area contributed by atoms with Gasteiger partial charge in [0.05, 0.1) is 26.4 Å². The summed E-state index contributed by atoms with van der Waals surface area (Å²) in [7, 11) is -9.91. The van der Waals surface area contributed by atoms with Crippen molar-refractivity contribution < 1.29 is 80.2 Å². The van der Waals surface area contributed by atoms with Crippen LogP contribution in [0.3, 0.4) is 0 Å². The van der Waals surface area contributed by atoms with E-state index in [9.17, 15) is 43.2 Å². The van der Waals surface area contributed by atoms with Crippen LogP contribution in [0.5, 0.6) is 0 Å². The van der Waals surface area contributed by atoms with E-state index in [1.807, 2.05) is 0 Å². The highest BCUT2D eigenvalue weighted by Gasteiger charge is 2.30. The number of hydrogen-bond donors (Lipinski definition) is 3. The van der Waals surface area contributed by atoms with Gasteiger partial charge in [0.2, 0.25) is 0 Å². The highest BCUT2D eigenvalue weighted by atomic mass is 31.2. The van der Waals surface area contributed by atoms with Crippen LogP contribution < -0.4 is 0 Å². The molecule has 6 atom stereocenters. The monoisotopic (exact) mass is 1400 g/mol. The minimum Gasteiger partial charge on any atom is -0.462 e. The van der Waals surface area contributed by atoms with E-state index < -0.39 is 97.5 Å². The third kappa shape index (κ3) is 69.0. The molecule has 19 heteroatoms. The van der Waals surface area contributed by atoms with Gasteiger partial charge in [-0.3, -0.25) is 37.3 Å². The number of phosphoric acid groups is 2. The fraction of sp³-hybridized carbons (Fsp3) is 0.947. The fourth-order valence-corrected chi connectivity index (χ4v) is 13.2. The van der Waals surface area contributed by atoms with Crippen molar-refractivity contribution in [2.75, 3.05) is 39.6 Å². The van der Waals surface area contributed by atoms with Gasteiger partial charge in [-0.1, -0.05) is 343 Å². The maximum atomic E-state index is 13.1. The van der Waals surface area contributed by atoms with Crippen LogP contribution >= 0.6 is 15.6 Å². The van der Waals surface area contributed by atoms with E-state index in [4.69, 9.17) is 37.0 Å². The standard InChI is InChI=1S/C76H148O17P2/c1-7-10-12-14-16-18-20-21-29-32-36-39-46-52-58-73(78)86-64-71(92-76(81)61-55-49-41-37-33-30-27-25-23-22-24-26-28-31-34-38-45-51-57-69(6)9-3)66-90-94(82,83)88-62-70(77)63-89-95(84,85)91-67-72(65-87-74(79)59-53-47-43-42-44-50-56-68(4)5)93-75(80)60-54-48-40-35-19-17-15-13-11-8-2/h68-72,77H,7-67H2,1-6H3,(H,82,83)(H,84,85)/t69?,70-,71-,72-/m1/s1. The highest BCUT2D eigenvalue weighted by Crippen LogP contribution is 2.45. The SMILES string of the molecule is CCCCCCCCCCCCCCCCC(=O)OC[C@H](COP(=O)(O)OC[C@@H](O)COP(=O)(O)OC[C@@H](COC(=O)CCCCCCCCC(C)C)OC(=O)CCCCCCCCCCCC)OC(=O)CCCCCCCCCCCCCCCCCCCCC(C)CC. The first-order chi connectivity index (χ1) is 45.9. The van der Waals surface area contributed by atoms with E-state index in [2.05, 4.69) is 41.5 Å². The lowest BCUT2D eigenvalue weighted by molar-refractivity contribution is -0.161. The lowest BCUT2D eigenvalue weighted by atomic mass is 9.99. The molecule has 0 aliphatic carbocycles. The minimum atomic E-state index is -4.96. The summed E-state index contributed by atoms with van der Waals surface area (Å²) >= 11 is 0. The Morgan fingerprint density at radius 3 is 0.800 bits per heavy atom. The first-order valence-electron chi connectivity index (χ1n) is 39.5. The Morgan fingerprint density at radius 1 is 0.305 bits per heavy atom. The van der Waals surface area contributed by atoms with Gasteiger partial charge in [-0.15, -0.1) is 0 Å². The molecule has 3 N–H and O–H groups in total. The lowest BCUT2D eigenvalue weighted by Crippen LogP contribution is -2.30. The van der Waals surface area contributed by atoms with Crippen LogP contribution in [0, 0.1) is 11.8 Å². The molecule has 0 saturated heterocycles. The number of carbonyl (C=O) groups excluding carboxylic acids is 4. The van der Waals surface area contributed by atoms with E-state index in [-0.39, 0.29) is 25.7 Å². The molecule has 0 heterocycles. The van der Waals surface area contributed by atoms with Gasteiger partial charge in [0.25, 0.3) is 0 Å². The zero-order valence-electron chi connectivity index (χ0n) is 62.0. The molecule has 0 aromatic heterocycles. The predicted octanol–water partition coefficient (Wildman–Crippen LogP) is 22.3. The molecule has 564 valence electrons. The molecule has 0 fully saturated rings. The molecule has 0 aromatic carbocycles. The maximum Gasteiger partial charge on any atom is 0.472 e. The summed E-state index contributed by atoms with van der Waals surface area (Å²) in [5.74, 6) is -0.567. The zero-order chi connectivity index (χ0) is 70.0. The summed E-state index contributed by atoms with van der Waals surface area (Å²) in [6.07, 6.45) is 55.7. The molecule has 0 bridgehead atoms. The number of ether oxygens (including phenoxy) is 4. The van der Waals surface area contributed by atoms with Gasteiger partial charge in [0.1, 0.15) is 19.3 Å². The topological polar surface area (TPSA) is 237 Å². The van der Waals surface area contributed by atoms with E-state index in [1.165, 1.54) is 205 Å². The lowest BCUT2D eigenvalue weighted by Gasteiger charge is -2.21. The molecule has 0 amide bonds. The number of carbonyl (C=O) groups is 4. The Labute approximate surface area is 581 Å². The number of hydrogen-bond acceptors (Lipinski definition) is 15. The van der Waals surface area contributed by atoms with Crippen molar-refractivity contribution in [1.29, 1.82) is 0 Å². The third-order valence-electron chi connectivity index (χ3n) is 18.1. The van der Waals surface area contributed by atoms with Crippen molar-refractivity contribution in [3.05, 3.63) is 0 Å². The average Bonchev–Trinajstić information content (AvgIpc) is 2.28. The number of aliphatic hydroxyl groups is 1. The van der Waals surface area contributed by atoms with E-state index in [0.717, 1.165) is 102 Å². The molecule has 17 nitrogen and oxygen atoms in total. The second kappa shape index (κ2) is 67.9. The van der Waals surface area contributed by atoms with E-state index >= 15 is 0 Å². The smallest absolute Gasteiger partial charge is 0.462 e. The van der Waals surface area contributed by atoms with Crippen molar-refractivity contribution in [2.45, 2.75) is 413 Å². The van der Waals surface area contributed by atoms with Gasteiger partial charge in [-0.25, -0.2) is 9.13 Å². The predicted molar refractivity (Wildman–Crippen MR) is 386 cm³/mol. The number of aliphatic hydroxyl groups excluding tert-OH is 1. The molecule has 95 heavy (non-hydrogen) atoms. The molecule has 0 rings (SSSR count). The van der Waals surface area contributed by atoms with Gasteiger partial charge in [-0.2, -0.15) is 0 Å². The van der Waals surface area contributed by atoms with Gasteiger partial charge < -0.3 is 33.8 Å². The molecule has 0 aliphatic rings. The van der Waals surface area contributed by atoms with Gasteiger partial charge in [0.15, 0.2) is 12.2 Å². The van der Waals surface area contributed by atoms with Crippen LogP contribution in [0.1, 0.15) is 395 Å². The summed E-state index contributed by atoms with van der Waals surface area (Å²) in [6, 6.07) is 0. The average molecular weight is 1400 g/mol. The zero-order valence-corrected chi connectivity index (χ0v) is 63.8. The first kappa shape index (κ1) is 93.1. The molecule has 0 saturated carbocycles. The number of rotatable bonds is 75. The van der Waals surface area contributed by atoms with E-state index in [1.54, 1.807) is 0 Å². The Bertz CT molecular complexity index is 1840. The second-order valence-corrected chi connectivity index (χ2v) is 31.0. The Balaban J connectivity index is 5.17. The Kier molecular flexibility index (Phi) is 66.5. The van der Waals surface area contributed by atoms with Gasteiger partial charge >= 0.3 is 39.5 Å². The summed E-state index contributed by atoms with van der Waals surface area (Å²) < 4.78 is 68.4. The molecular formula is C76H148O17P2. The quantitative estimate of drug-likeness (QED) is 0.0222. The van der Waals surface area contributed by atoms with Crippen molar-refractivity contribution in [1.82, 2.24) is 0 Å². The van der Waals surface area contributed by atoms with E-state index in [0.29, 0.717) is 31.6 Å². The Hall–Kier alpha value is -1.94. The van der Waals surface area contributed by atoms with Crippen LogP contribution in [0.15, 0.2) is 0 Å². The third-order valence-corrected chi connectivity index (χ3v) is 20.0. The normalized spacial score (nSPS) is 14.3. The summed E-state index contributed by atoms with van der Waals surface area (Å²) in [5.41, 5.74) is 0. The van der Waals surface area contributed by atoms with Crippen molar-refractivity contribution in [2.24, 2.45) is 11.8 Å². The van der Waals surface area contributed by atoms with Crippen LogP contribution in [0.25, 0.3) is 0 Å². The van der Waals surface area contributed by atoms with Crippen LogP contribution in [-0.4, -0.2) is 96.7 Å². The first-order valence-corrected chi connectivity index (χ1v) is 42.5. The largest absolute Gasteiger partial charge is 0.472 e. The van der Waals surface area contributed by atoms with Crippen molar-refractivity contribution in [3.63, 3.8) is 0 Å². The summed E-state index contributed by atoms with van der Waals surface area (Å²) in [6.45, 7) is 9.57. The number of phosphoric ester groups is 2.